The van der Waals surface area contributed by atoms with Gasteiger partial charge in [-0.25, -0.2) is 4.98 Å². The third-order valence-corrected chi connectivity index (χ3v) is 3.54. The number of hydrogen-bond acceptors (Lipinski definition) is 5. The van der Waals surface area contributed by atoms with Crippen LogP contribution in [0.4, 0.5) is 11.5 Å². The summed E-state index contributed by atoms with van der Waals surface area (Å²) in [6.45, 7) is 0.211. The van der Waals surface area contributed by atoms with Gasteiger partial charge in [0.15, 0.2) is 11.5 Å². The molecule has 1 aliphatic heterocycles. The average Bonchev–Trinajstić information content (AvgIpc) is 3.22. The SMILES string of the molecule is O=C(Nc1ccc2c(c1)OCO2)c1cccc(NC2CC2)n1. The Labute approximate surface area is 127 Å². The van der Waals surface area contributed by atoms with Crippen molar-refractivity contribution in [3.8, 4) is 11.5 Å². The second kappa shape index (κ2) is 5.22. The molecule has 0 atom stereocenters. The van der Waals surface area contributed by atoms with Crippen LogP contribution in [0.2, 0.25) is 0 Å². The summed E-state index contributed by atoms with van der Waals surface area (Å²) in [6.07, 6.45) is 2.32. The molecule has 1 aromatic heterocycles. The molecule has 1 saturated carbocycles. The number of carbonyl (C=O) groups excluding carboxylic acids is 1. The van der Waals surface area contributed by atoms with Crippen molar-refractivity contribution in [1.29, 1.82) is 0 Å². The minimum absolute atomic E-state index is 0.211. The summed E-state index contributed by atoms with van der Waals surface area (Å²) in [5, 5.41) is 6.10. The summed E-state index contributed by atoms with van der Waals surface area (Å²) in [5.74, 6) is 1.81. The molecular weight excluding hydrogens is 282 g/mol. The lowest BCUT2D eigenvalue weighted by molar-refractivity contribution is 0.102. The minimum Gasteiger partial charge on any atom is -0.454 e. The maximum absolute atomic E-state index is 12.3. The number of carbonyl (C=O) groups is 1. The third-order valence-electron chi connectivity index (χ3n) is 3.54. The van der Waals surface area contributed by atoms with E-state index in [9.17, 15) is 4.79 Å². The second-order valence-corrected chi connectivity index (χ2v) is 5.35. The van der Waals surface area contributed by atoms with Gasteiger partial charge in [-0.2, -0.15) is 0 Å². The number of nitrogens with zero attached hydrogens (tertiary/aromatic N) is 1. The summed E-state index contributed by atoms with van der Waals surface area (Å²) in [5.41, 5.74) is 1.03. The highest BCUT2D eigenvalue weighted by atomic mass is 16.7. The van der Waals surface area contributed by atoms with Crippen LogP contribution < -0.4 is 20.1 Å². The summed E-state index contributed by atoms with van der Waals surface area (Å²) in [4.78, 5) is 16.6. The smallest absolute Gasteiger partial charge is 0.274 e. The number of benzene rings is 1. The van der Waals surface area contributed by atoms with E-state index >= 15 is 0 Å². The number of hydrogen-bond donors (Lipinski definition) is 2. The molecule has 0 bridgehead atoms. The van der Waals surface area contributed by atoms with Gasteiger partial charge in [-0.3, -0.25) is 4.79 Å². The van der Waals surface area contributed by atoms with E-state index in [-0.39, 0.29) is 12.7 Å². The molecule has 2 heterocycles. The molecule has 2 aromatic rings. The van der Waals surface area contributed by atoms with Gasteiger partial charge in [-0.1, -0.05) is 6.07 Å². The van der Waals surface area contributed by atoms with Gasteiger partial charge in [0, 0.05) is 17.8 Å². The number of aromatic nitrogens is 1. The first-order valence-electron chi connectivity index (χ1n) is 7.22. The number of ether oxygens (including phenoxy) is 2. The van der Waals surface area contributed by atoms with Gasteiger partial charge in [-0.05, 0) is 37.1 Å². The molecule has 1 fully saturated rings. The monoisotopic (exact) mass is 297 g/mol. The van der Waals surface area contributed by atoms with E-state index in [1.165, 1.54) is 0 Å². The molecule has 0 unspecified atom stereocenters. The zero-order chi connectivity index (χ0) is 14.9. The molecule has 2 N–H and O–H groups in total. The van der Waals surface area contributed by atoms with E-state index in [1.807, 2.05) is 12.1 Å². The molecule has 2 aliphatic rings. The van der Waals surface area contributed by atoms with Crippen LogP contribution >= 0.6 is 0 Å². The van der Waals surface area contributed by atoms with Crippen molar-refractivity contribution in [2.45, 2.75) is 18.9 Å². The predicted octanol–water partition coefficient (Wildman–Crippen LogP) is 2.64. The maximum Gasteiger partial charge on any atom is 0.274 e. The quantitative estimate of drug-likeness (QED) is 0.907. The Morgan fingerprint density at radius 3 is 2.86 bits per heavy atom. The van der Waals surface area contributed by atoms with Crippen LogP contribution in [0.25, 0.3) is 0 Å². The van der Waals surface area contributed by atoms with Crippen molar-refractivity contribution < 1.29 is 14.3 Å². The molecule has 112 valence electrons. The Bertz CT molecular complexity index is 728. The number of pyridine rings is 1. The van der Waals surface area contributed by atoms with E-state index < -0.39 is 0 Å². The largest absolute Gasteiger partial charge is 0.454 e. The third kappa shape index (κ3) is 2.67. The summed E-state index contributed by atoms with van der Waals surface area (Å²) in [7, 11) is 0. The first-order valence-corrected chi connectivity index (χ1v) is 7.22. The number of nitrogens with one attached hydrogen (secondary N) is 2. The van der Waals surface area contributed by atoms with Crippen LogP contribution in [-0.2, 0) is 0 Å². The first-order chi connectivity index (χ1) is 10.8. The Hall–Kier alpha value is -2.76. The zero-order valence-corrected chi connectivity index (χ0v) is 11.8. The van der Waals surface area contributed by atoms with Gasteiger partial charge in [0.1, 0.15) is 11.5 Å². The highest BCUT2D eigenvalue weighted by Crippen LogP contribution is 2.34. The van der Waals surface area contributed by atoms with Crippen LogP contribution in [0.1, 0.15) is 23.3 Å². The van der Waals surface area contributed by atoms with Crippen molar-refractivity contribution in [3.05, 3.63) is 42.1 Å². The van der Waals surface area contributed by atoms with E-state index in [2.05, 4.69) is 15.6 Å². The van der Waals surface area contributed by atoms with Gasteiger partial charge in [0.05, 0.1) is 0 Å². The van der Waals surface area contributed by atoms with Gasteiger partial charge >= 0.3 is 0 Å². The zero-order valence-electron chi connectivity index (χ0n) is 11.8. The lowest BCUT2D eigenvalue weighted by atomic mass is 10.2. The van der Waals surface area contributed by atoms with Crippen molar-refractivity contribution >= 4 is 17.4 Å². The topological polar surface area (TPSA) is 72.5 Å². The highest BCUT2D eigenvalue weighted by molar-refractivity contribution is 6.03. The molecule has 6 heteroatoms. The number of rotatable bonds is 4. The molecule has 0 spiro atoms. The van der Waals surface area contributed by atoms with Gasteiger partial charge in [0.25, 0.3) is 5.91 Å². The lowest BCUT2D eigenvalue weighted by Crippen LogP contribution is -2.15. The molecule has 6 nitrogen and oxygen atoms in total. The summed E-state index contributed by atoms with van der Waals surface area (Å²) in [6, 6.07) is 11.2. The molecule has 0 saturated heterocycles. The first kappa shape index (κ1) is 12.9. The lowest BCUT2D eigenvalue weighted by Gasteiger charge is -2.08. The Kier molecular flexibility index (Phi) is 3.07. The van der Waals surface area contributed by atoms with Crippen LogP contribution in [0, 0.1) is 0 Å². The van der Waals surface area contributed by atoms with Crippen LogP contribution in [0.5, 0.6) is 11.5 Å². The number of anilines is 2. The molecule has 4 rings (SSSR count). The van der Waals surface area contributed by atoms with E-state index in [0.717, 1.165) is 18.7 Å². The number of amides is 1. The highest BCUT2D eigenvalue weighted by Gasteiger charge is 2.21. The van der Waals surface area contributed by atoms with E-state index in [1.54, 1.807) is 24.3 Å². The van der Waals surface area contributed by atoms with Crippen molar-refractivity contribution in [1.82, 2.24) is 4.98 Å². The van der Waals surface area contributed by atoms with Crippen molar-refractivity contribution in [2.24, 2.45) is 0 Å². The van der Waals surface area contributed by atoms with Crippen LogP contribution in [0.3, 0.4) is 0 Å². The minimum atomic E-state index is -0.252. The Morgan fingerprint density at radius 2 is 2.00 bits per heavy atom. The Balaban J connectivity index is 1.49. The average molecular weight is 297 g/mol. The van der Waals surface area contributed by atoms with Crippen molar-refractivity contribution in [3.63, 3.8) is 0 Å². The molecule has 1 amide bonds. The van der Waals surface area contributed by atoms with Gasteiger partial charge in [-0.15, -0.1) is 0 Å². The fourth-order valence-electron chi connectivity index (χ4n) is 2.25. The molecule has 1 aromatic carbocycles. The van der Waals surface area contributed by atoms with Gasteiger partial charge < -0.3 is 20.1 Å². The Morgan fingerprint density at radius 1 is 1.14 bits per heavy atom. The van der Waals surface area contributed by atoms with Crippen LogP contribution in [-0.4, -0.2) is 23.7 Å². The molecule has 1 aliphatic carbocycles. The van der Waals surface area contributed by atoms with Crippen molar-refractivity contribution in [2.75, 3.05) is 17.4 Å². The number of fused-ring (bicyclic) bond motifs is 1. The second-order valence-electron chi connectivity index (χ2n) is 5.35. The fourth-order valence-corrected chi connectivity index (χ4v) is 2.25. The standard InChI is InChI=1S/C16H15N3O3/c20-16(12-2-1-3-15(19-12)17-10-4-5-10)18-11-6-7-13-14(8-11)22-9-21-13/h1-3,6-8,10H,4-5,9H2,(H,17,19)(H,18,20). The normalized spacial score (nSPS) is 15.5. The van der Waals surface area contributed by atoms with Gasteiger partial charge in [0.2, 0.25) is 6.79 Å². The molecule has 0 radical (unpaired) electrons. The van der Waals surface area contributed by atoms with Crippen LogP contribution in [0.15, 0.2) is 36.4 Å². The molecule has 22 heavy (non-hydrogen) atoms. The molecular formula is C16H15N3O3. The van der Waals surface area contributed by atoms with E-state index in [0.29, 0.717) is 28.9 Å². The summed E-state index contributed by atoms with van der Waals surface area (Å²) >= 11 is 0. The van der Waals surface area contributed by atoms with E-state index in [4.69, 9.17) is 9.47 Å². The summed E-state index contributed by atoms with van der Waals surface area (Å²) < 4.78 is 10.5. The fraction of sp³-hybridized carbons (Fsp3) is 0.250. The predicted molar refractivity (Wildman–Crippen MR) is 81.4 cm³/mol. The maximum atomic E-state index is 12.3.